The van der Waals surface area contributed by atoms with Gasteiger partial charge in [-0.15, -0.1) is 0 Å². The maximum Gasteiger partial charge on any atom is 0.242 e. The molecule has 1 amide bonds. The zero-order valence-corrected chi connectivity index (χ0v) is 15.2. The Morgan fingerprint density at radius 3 is 2.88 bits per heavy atom. The quantitative estimate of drug-likeness (QED) is 0.742. The number of ether oxygens (including phenoxy) is 1. The molecule has 3 rings (SSSR count). The second kappa shape index (κ2) is 8.62. The molecule has 2 aromatic rings. The van der Waals surface area contributed by atoms with Crippen LogP contribution in [0.4, 0.5) is 17.5 Å². The molecule has 1 aromatic carbocycles. The largest absolute Gasteiger partial charge is 0.383 e. The molecule has 2 N–H and O–H groups in total. The number of nitrogens with one attached hydrogen (secondary N) is 2. The minimum absolute atomic E-state index is 0.0000434. The molecule has 26 heavy (non-hydrogen) atoms. The van der Waals surface area contributed by atoms with Gasteiger partial charge in [-0.3, -0.25) is 4.79 Å². The lowest BCUT2D eigenvalue weighted by Gasteiger charge is -2.24. The number of aryl methyl sites for hydroxylation is 1. The lowest BCUT2D eigenvalue weighted by atomic mass is 10.2. The summed E-state index contributed by atoms with van der Waals surface area (Å²) < 4.78 is 4.98. The molecule has 1 fully saturated rings. The highest BCUT2D eigenvalue weighted by molar-refractivity contribution is 5.85. The van der Waals surface area contributed by atoms with E-state index in [2.05, 4.69) is 27.5 Å². The van der Waals surface area contributed by atoms with Crippen LogP contribution < -0.4 is 15.5 Å². The first-order chi connectivity index (χ1) is 12.7. The summed E-state index contributed by atoms with van der Waals surface area (Å²) in [6.45, 7) is 3.84. The summed E-state index contributed by atoms with van der Waals surface area (Å²) in [6, 6.07) is 9.71. The van der Waals surface area contributed by atoms with Crippen molar-refractivity contribution in [3.63, 3.8) is 0 Å². The maximum absolute atomic E-state index is 12.4. The SMILES string of the molecule is COCCNC(=O)C1CCCN1c1nccc(Nc2ccc(C)cc2)n1. The summed E-state index contributed by atoms with van der Waals surface area (Å²) in [5.74, 6) is 1.29. The van der Waals surface area contributed by atoms with Gasteiger partial charge in [-0.2, -0.15) is 4.98 Å². The van der Waals surface area contributed by atoms with E-state index in [0.29, 0.717) is 24.9 Å². The molecule has 0 radical (unpaired) electrons. The van der Waals surface area contributed by atoms with Crippen molar-refractivity contribution in [2.45, 2.75) is 25.8 Å². The Morgan fingerprint density at radius 1 is 1.31 bits per heavy atom. The second-order valence-corrected chi connectivity index (χ2v) is 6.37. The second-order valence-electron chi connectivity index (χ2n) is 6.37. The molecule has 1 aliphatic heterocycles. The van der Waals surface area contributed by atoms with Crippen LogP contribution in [0.3, 0.4) is 0 Å². The Morgan fingerprint density at radius 2 is 2.12 bits per heavy atom. The standard InChI is InChI=1S/C19H25N5O2/c1-14-5-7-15(8-6-14)22-17-9-10-21-19(23-17)24-12-3-4-16(24)18(25)20-11-13-26-2/h5-10,16H,3-4,11-13H2,1-2H3,(H,20,25)(H,21,22,23). The highest BCUT2D eigenvalue weighted by Crippen LogP contribution is 2.24. The Kier molecular flexibility index (Phi) is 6.01. The zero-order chi connectivity index (χ0) is 18.4. The third-order valence-corrected chi connectivity index (χ3v) is 4.38. The molecule has 0 saturated carbocycles. The Bertz CT molecular complexity index is 735. The van der Waals surface area contributed by atoms with Crippen LogP contribution >= 0.6 is 0 Å². The third kappa shape index (κ3) is 4.49. The number of anilines is 3. The van der Waals surface area contributed by atoms with E-state index in [9.17, 15) is 4.79 Å². The van der Waals surface area contributed by atoms with E-state index >= 15 is 0 Å². The van der Waals surface area contributed by atoms with Crippen LogP contribution in [0.1, 0.15) is 18.4 Å². The summed E-state index contributed by atoms with van der Waals surface area (Å²) in [5.41, 5.74) is 2.17. The summed E-state index contributed by atoms with van der Waals surface area (Å²) in [6.07, 6.45) is 3.47. The van der Waals surface area contributed by atoms with E-state index in [1.54, 1.807) is 13.3 Å². The van der Waals surface area contributed by atoms with Crippen LogP contribution in [-0.2, 0) is 9.53 Å². The van der Waals surface area contributed by atoms with Gasteiger partial charge in [0.2, 0.25) is 11.9 Å². The van der Waals surface area contributed by atoms with Gasteiger partial charge in [0, 0.05) is 32.1 Å². The number of benzene rings is 1. The first-order valence-corrected chi connectivity index (χ1v) is 8.87. The summed E-state index contributed by atoms with van der Waals surface area (Å²) >= 11 is 0. The van der Waals surface area contributed by atoms with Crippen molar-refractivity contribution in [2.75, 3.05) is 37.0 Å². The minimum atomic E-state index is -0.235. The van der Waals surface area contributed by atoms with Crippen molar-refractivity contribution in [3.05, 3.63) is 42.1 Å². The third-order valence-electron chi connectivity index (χ3n) is 4.38. The molecule has 7 nitrogen and oxygen atoms in total. The fourth-order valence-corrected chi connectivity index (χ4v) is 3.01. The molecule has 0 aliphatic carbocycles. The summed E-state index contributed by atoms with van der Waals surface area (Å²) in [5, 5.41) is 6.19. The predicted molar refractivity (Wildman–Crippen MR) is 102 cm³/mol. The van der Waals surface area contributed by atoms with Crippen LogP contribution in [0.5, 0.6) is 0 Å². The first kappa shape index (κ1) is 18.1. The van der Waals surface area contributed by atoms with Gasteiger partial charge in [-0.1, -0.05) is 17.7 Å². The molecule has 1 saturated heterocycles. The Hall–Kier alpha value is -2.67. The number of hydrogen-bond acceptors (Lipinski definition) is 6. The van der Waals surface area contributed by atoms with E-state index in [-0.39, 0.29) is 11.9 Å². The molecular weight excluding hydrogens is 330 g/mol. The number of amides is 1. The lowest BCUT2D eigenvalue weighted by Crippen LogP contribution is -2.44. The highest BCUT2D eigenvalue weighted by atomic mass is 16.5. The normalized spacial score (nSPS) is 16.5. The van der Waals surface area contributed by atoms with Gasteiger partial charge in [0.05, 0.1) is 6.61 Å². The van der Waals surface area contributed by atoms with Crippen molar-refractivity contribution in [1.82, 2.24) is 15.3 Å². The molecule has 138 valence electrons. The van der Waals surface area contributed by atoms with Crippen molar-refractivity contribution in [2.24, 2.45) is 0 Å². The molecule has 1 aliphatic rings. The summed E-state index contributed by atoms with van der Waals surface area (Å²) in [4.78, 5) is 23.4. The van der Waals surface area contributed by atoms with Crippen LogP contribution in [-0.4, -0.2) is 48.7 Å². The van der Waals surface area contributed by atoms with Gasteiger partial charge in [0.15, 0.2) is 0 Å². The van der Waals surface area contributed by atoms with Crippen LogP contribution in [0, 0.1) is 6.92 Å². The van der Waals surface area contributed by atoms with E-state index in [0.717, 1.165) is 25.1 Å². The first-order valence-electron chi connectivity index (χ1n) is 8.87. The van der Waals surface area contributed by atoms with Gasteiger partial charge >= 0.3 is 0 Å². The van der Waals surface area contributed by atoms with Gasteiger partial charge in [0.1, 0.15) is 11.9 Å². The number of methoxy groups -OCH3 is 1. The van der Waals surface area contributed by atoms with E-state index in [1.165, 1.54) is 5.56 Å². The fourth-order valence-electron chi connectivity index (χ4n) is 3.01. The van der Waals surface area contributed by atoms with Crippen LogP contribution in [0.25, 0.3) is 0 Å². The molecular formula is C19H25N5O2. The summed E-state index contributed by atoms with van der Waals surface area (Å²) in [7, 11) is 1.62. The Balaban J connectivity index is 1.70. The van der Waals surface area contributed by atoms with Crippen molar-refractivity contribution >= 4 is 23.4 Å². The fraction of sp³-hybridized carbons (Fsp3) is 0.421. The van der Waals surface area contributed by atoms with E-state index in [1.807, 2.05) is 35.2 Å². The smallest absolute Gasteiger partial charge is 0.242 e. The molecule has 2 heterocycles. The van der Waals surface area contributed by atoms with Crippen LogP contribution in [0.15, 0.2) is 36.5 Å². The molecule has 1 aromatic heterocycles. The molecule has 1 atom stereocenters. The van der Waals surface area contributed by atoms with Crippen molar-refractivity contribution in [1.29, 1.82) is 0 Å². The number of aromatic nitrogens is 2. The lowest BCUT2D eigenvalue weighted by molar-refractivity contribution is -0.122. The van der Waals surface area contributed by atoms with Gasteiger partial charge in [-0.25, -0.2) is 4.98 Å². The zero-order valence-electron chi connectivity index (χ0n) is 15.2. The van der Waals surface area contributed by atoms with Crippen molar-refractivity contribution < 1.29 is 9.53 Å². The topological polar surface area (TPSA) is 79.4 Å². The predicted octanol–water partition coefficient (Wildman–Crippen LogP) is 2.26. The molecule has 7 heteroatoms. The van der Waals surface area contributed by atoms with Gasteiger partial charge in [0.25, 0.3) is 0 Å². The number of nitrogens with zero attached hydrogens (tertiary/aromatic N) is 3. The number of carbonyl (C=O) groups is 1. The highest BCUT2D eigenvalue weighted by Gasteiger charge is 2.32. The van der Waals surface area contributed by atoms with E-state index < -0.39 is 0 Å². The maximum atomic E-state index is 12.4. The molecule has 0 spiro atoms. The minimum Gasteiger partial charge on any atom is -0.383 e. The number of rotatable bonds is 7. The van der Waals surface area contributed by atoms with E-state index in [4.69, 9.17) is 4.74 Å². The van der Waals surface area contributed by atoms with Gasteiger partial charge < -0.3 is 20.3 Å². The molecule has 0 bridgehead atoms. The average Bonchev–Trinajstić information content (AvgIpc) is 3.14. The number of hydrogen-bond donors (Lipinski definition) is 2. The monoisotopic (exact) mass is 355 g/mol. The molecule has 1 unspecified atom stereocenters. The number of carbonyl (C=O) groups excluding carboxylic acids is 1. The van der Waals surface area contributed by atoms with Crippen LogP contribution in [0.2, 0.25) is 0 Å². The average molecular weight is 355 g/mol. The van der Waals surface area contributed by atoms with Crippen molar-refractivity contribution in [3.8, 4) is 0 Å². The Labute approximate surface area is 153 Å². The van der Waals surface area contributed by atoms with Gasteiger partial charge in [-0.05, 0) is 38.0 Å².